The molecule has 2 atom stereocenters. The molecule has 0 saturated heterocycles. The molecule has 4 N–H and O–H groups in total. The van der Waals surface area contributed by atoms with E-state index in [2.05, 4.69) is 10.1 Å². The maximum Gasteiger partial charge on any atom is 0.328 e. The van der Waals surface area contributed by atoms with E-state index < -0.39 is 12.0 Å². The molecule has 0 aliphatic rings. The molecule has 0 heterocycles. The van der Waals surface area contributed by atoms with Gasteiger partial charge in [0.1, 0.15) is 0 Å². The zero-order valence-electron chi connectivity index (χ0n) is 9.03. The van der Waals surface area contributed by atoms with Crippen LogP contribution in [0.25, 0.3) is 0 Å². The smallest absolute Gasteiger partial charge is 0.328 e. The van der Waals surface area contributed by atoms with Crippen LogP contribution in [-0.2, 0) is 14.3 Å². The van der Waals surface area contributed by atoms with Crippen molar-refractivity contribution in [1.82, 2.24) is 5.32 Å². The minimum Gasteiger partial charge on any atom is -0.480 e. The summed E-state index contributed by atoms with van der Waals surface area (Å²) in [4.78, 5) is 21.9. The summed E-state index contributed by atoms with van der Waals surface area (Å²) in [7, 11) is 1.38. The number of methoxy groups -OCH3 is 1. The van der Waals surface area contributed by atoms with Gasteiger partial charge in [-0.3, -0.25) is 4.79 Å². The number of hydrogen-bond acceptors (Lipinski definition) is 4. The fraction of sp³-hybridized carbons (Fsp3) is 0.778. The van der Waals surface area contributed by atoms with E-state index in [0.717, 1.165) is 0 Å². The summed E-state index contributed by atoms with van der Waals surface area (Å²) in [5.74, 6) is -1.43. The van der Waals surface area contributed by atoms with Crippen LogP contribution in [0.15, 0.2) is 0 Å². The zero-order valence-corrected chi connectivity index (χ0v) is 9.03. The lowest BCUT2D eigenvalue weighted by Gasteiger charge is -2.13. The van der Waals surface area contributed by atoms with E-state index >= 15 is 0 Å². The van der Waals surface area contributed by atoms with Crippen LogP contribution in [-0.4, -0.2) is 42.8 Å². The van der Waals surface area contributed by atoms with Gasteiger partial charge < -0.3 is 20.9 Å². The Hall–Kier alpha value is -1.14. The zero-order chi connectivity index (χ0) is 11.8. The quantitative estimate of drug-likeness (QED) is 0.526. The second-order valence-electron chi connectivity index (χ2n) is 3.43. The third kappa shape index (κ3) is 6.87. The van der Waals surface area contributed by atoms with Crippen LogP contribution in [0, 0.1) is 0 Å². The largest absolute Gasteiger partial charge is 0.480 e. The minimum absolute atomic E-state index is 0.0424. The Labute approximate surface area is 88.8 Å². The number of carboxylic acids is 1. The summed E-state index contributed by atoms with van der Waals surface area (Å²) < 4.78 is 4.67. The summed E-state index contributed by atoms with van der Waals surface area (Å²) in [6.07, 6.45) is 0.760. The number of carbonyl (C=O) groups is 2. The number of hydrogen-bond donors (Lipinski definition) is 3. The molecule has 2 unspecified atom stereocenters. The number of carboxylic acid groups (broad SMARTS) is 1. The van der Waals surface area contributed by atoms with E-state index in [1.165, 1.54) is 7.11 Å². The number of nitrogens with one attached hydrogen (secondary N) is 1. The van der Waals surface area contributed by atoms with E-state index in [1.807, 2.05) is 0 Å². The van der Waals surface area contributed by atoms with Gasteiger partial charge in [-0.1, -0.05) is 0 Å². The van der Waals surface area contributed by atoms with Crippen molar-refractivity contribution < 1.29 is 19.4 Å². The van der Waals surface area contributed by atoms with Crippen molar-refractivity contribution in [3.8, 4) is 0 Å². The number of rotatable bonds is 7. The first kappa shape index (κ1) is 13.9. The van der Waals surface area contributed by atoms with Gasteiger partial charge in [-0.15, -0.1) is 0 Å². The summed E-state index contributed by atoms with van der Waals surface area (Å²) in [6.45, 7) is 1.75. The van der Waals surface area contributed by atoms with Gasteiger partial charge in [-0.2, -0.15) is 0 Å². The maximum absolute atomic E-state index is 11.3. The maximum atomic E-state index is 11.3. The Morgan fingerprint density at radius 1 is 1.53 bits per heavy atom. The summed E-state index contributed by atoms with van der Waals surface area (Å²) in [6, 6.07) is -1.06. The number of aliphatic carboxylic acids is 1. The monoisotopic (exact) mass is 218 g/mol. The van der Waals surface area contributed by atoms with E-state index in [9.17, 15) is 9.59 Å². The lowest BCUT2D eigenvalue weighted by Crippen LogP contribution is -2.44. The molecule has 0 rings (SSSR count). The summed E-state index contributed by atoms with van der Waals surface area (Å²) >= 11 is 0. The standard InChI is InChI=1S/C9H18N2O4/c1-6(10)3-4-8(12)11-7(5-15-2)9(13)14/h6-7H,3-5,10H2,1-2H3,(H,11,12)(H,13,14). The third-order valence-electron chi connectivity index (χ3n) is 1.79. The van der Waals surface area contributed by atoms with Crippen LogP contribution >= 0.6 is 0 Å². The minimum atomic E-state index is -1.11. The first-order chi connectivity index (χ1) is 6.97. The highest BCUT2D eigenvalue weighted by atomic mass is 16.5. The lowest BCUT2D eigenvalue weighted by atomic mass is 10.2. The molecule has 6 heteroatoms. The Morgan fingerprint density at radius 3 is 2.53 bits per heavy atom. The van der Waals surface area contributed by atoms with Crippen molar-refractivity contribution in [1.29, 1.82) is 0 Å². The van der Waals surface area contributed by atoms with Crippen molar-refractivity contribution in [2.45, 2.75) is 31.8 Å². The van der Waals surface area contributed by atoms with Gasteiger partial charge >= 0.3 is 5.97 Å². The number of ether oxygens (including phenoxy) is 1. The van der Waals surface area contributed by atoms with Gasteiger partial charge in [0.05, 0.1) is 6.61 Å². The molecule has 0 aromatic carbocycles. The van der Waals surface area contributed by atoms with Gasteiger partial charge in [0.2, 0.25) is 5.91 Å². The van der Waals surface area contributed by atoms with Gasteiger partial charge in [-0.25, -0.2) is 4.79 Å². The molecule has 6 nitrogen and oxygen atoms in total. The predicted octanol–water partition coefficient (Wildman–Crippen LogP) is -0.670. The number of nitrogens with two attached hydrogens (primary N) is 1. The number of amides is 1. The first-order valence-corrected chi connectivity index (χ1v) is 4.74. The van der Waals surface area contributed by atoms with Crippen molar-refractivity contribution in [3.63, 3.8) is 0 Å². The van der Waals surface area contributed by atoms with Crippen LogP contribution in [0.1, 0.15) is 19.8 Å². The highest BCUT2D eigenvalue weighted by Crippen LogP contribution is 1.95. The van der Waals surface area contributed by atoms with Gasteiger partial charge in [0.15, 0.2) is 6.04 Å². The van der Waals surface area contributed by atoms with Crippen LogP contribution in [0.2, 0.25) is 0 Å². The predicted molar refractivity (Wildman–Crippen MR) is 54.3 cm³/mol. The molecule has 0 saturated carbocycles. The van der Waals surface area contributed by atoms with E-state index in [-0.39, 0.29) is 25.0 Å². The molecule has 0 aromatic heterocycles. The fourth-order valence-corrected chi connectivity index (χ4v) is 0.967. The lowest BCUT2D eigenvalue weighted by molar-refractivity contribution is -0.143. The fourth-order valence-electron chi connectivity index (χ4n) is 0.967. The molecule has 0 spiro atoms. The van der Waals surface area contributed by atoms with Crippen LogP contribution in [0.5, 0.6) is 0 Å². The molecule has 0 aliphatic heterocycles. The molecule has 88 valence electrons. The van der Waals surface area contributed by atoms with Crippen molar-refractivity contribution in [3.05, 3.63) is 0 Å². The average molecular weight is 218 g/mol. The molecule has 15 heavy (non-hydrogen) atoms. The van der Waals surface area contributed by atoms with Crippen molar-refractivity contribution in [2.24, 2.45) is 5.73 Å². The molecule has 0 fully saturated rings. The molecule has 1 amide bonds. The highest BCUT2D eigenvalue weighted by Gasteiger charge is 2.19. The summed E-state index contributed by atoms with van der Waals surface area (Å²) in [5.41, 5.74) is 5.47. The molecule has 0 radical (unpaired) electrons. The molecular formula is C9H18N2O4. The van der Waals surface area contributed by atoms with Crippen LogP contribution in [0.3, 0.4) is 0 Å². The van der Waals surface area contributed by atoms with E-state index in [1.54, 1.807) is 6.92 Å². The highest BCUT2D eigenvalue weighted by molar-refractivity contribution is 5.83. The second kappa shape index (κ2) is 7.19. The molecule has 0 aromatic rings. The SMILES string of the molecule is COCC(NC(=O)CCC(C)N)C(=O)O. The number of carbonyl (C=O) groups excluding carboxylic acids is 1. The van der Waals surface area contributed by atoms with Gasteiger partial charge in [0, 0.05) is 19.6 Å². The first-order valence-electron chi connectivity index (χ1n) is 4.74. The normalized spacial score (nSPS) is 14.3. The molecule has 0 bridgehead atoms. The molecular weight excluding hydrogens is 200 g/mol. The topological polar surface area (TPSA) is 102 Å². The van der Waals surface area contributed by atoms with Gasteiger partial charge in [-0.05, 0) is 13.3 Å². The summed E-state index contributed by atoms with van der Waals surface area (Å²) in [5, 5.41) is 11.1. The Balaban J connectivity index is 3.94. The van der Waals surface area contributed by atoms with Crippen molar-refractivity contribution >= 4 is 11.9 Å². The second-order valence-corrected chi connectivity index (χ2v) is 3.43. The Bertz CT molecular complexity index is 218. The Kier molecular flexibility index (Phi) is 6.64. The van der Waals surface area contributed by atoms with E-state index in [0.29, 0.717) is 6.42 Å². The van der Waals surface area contributed by atoms with E-state index in [4.69, 9.17) is 10.8 Å². The average Bonchev–Trinajstić information content (AvgIpc) is 2.14. The van der Waals surface area contributed by atoms with Crippen LogP contribution in [0.4, 0.5) is 0 Å². The van der Waals surface area contributed by atoms with Gasteiger partial charge in [0.25, 0.3) is 0 Å². The third-order valence-corrected chi connectivity index (χ3v) is 1.79. The Morgan fingerprint density at radius 2 is 2.13 bits per heavy atom. The molecule has 0 aliphatic carbocycles. The van der Waals surface area contributed by atoms with Crippen LogP contribution < -0.4 is 11.1 Å². The van der Waals surface area contributed by atoms with Crippen molar-refractivity contribution in [2.75, 3.05) is 13.7 Å².